The van der Waals surface area contributed by atoms with Crippen molar-refractivity contribution in [3.8, 4) is 0 Å². The van der Waals surface area contributed by atoms with Crippen molar-refractivity contribution in [2.45, 2.75) is 19.4 Å². The van der Waals surface area contributed by atoms with Gasteiger partial charge in [0.1, 0.15) is 0 Å². The Morgan fingerprint density at radius 1 is 1.25 bits per heavy atom. The summed E-state index contributed by atoms with van der Waals surface area (Å²) in [6.07, 6.45) is 4.45. The number of aromatic nitrogens is 1. The van der Waals surface area contributed by atoms with Crippen LogP contribution in [0.3, 0.4) is 0 Å². The fourth-order valence-electron chi connectivity index (χ4n) is 3.23. The number of pyridine rings is 1. The summed E-state index contributed by atoms with van der Waals surface area (Å²) in [4.78, 5) is 32.5. The molecule has 7 heteroatoms. The molecule has 0 aromatic carbocycles. The first kappa shape index (κ1) is 16.9. The van der Waals surface area contributed by atoms with E-state index in [2.05, 4.69) is 9.88 Å². The van der Waals surface area contributed by atoms with E-state index in [1.54, 1.807) is 12.4 Å². The van der Waals surface area contributed by atoms with Crippen LogP contribution < -0.4 is 0 Å². The van der Waals surface area contributed by atoms with Crippen LogP contribution in [0.15, 0.2) is 12.4 Å². The molecule has 1 aromatic rings. The zero-order chi connectivity index (χ0) is 16.9. The molecule has 24 heavy (non-hydrogen) atoms. The van der Waals surface area contributed by atoms with Gasteiger partial charge in [0.05, 0.1) is 25.9 Å². The van der Waals surface area contributed by atoms with Crippen LogP contribution in [0.2, 0.25) is 0 Å². The largest absolute Gasteiger partial charge is 0.465 e. The van der Waals surface area contributed by atoms with Gasteiger partial charge in [0.25, 0.3) is 0 Å². The molecule has 0 unspecified atom stereocenters. The minimum atomic E-state index is -0.369. The molecule has 2 aliphatic heterocycles. The molecule has 0 spiro atoms. The van der Waals surface area contributed by atoms with E-state index in [0.717, 1.165) is 44.0 Å². The molecular formula is C17H23N3O4. The van der Waals surface area contributed by atoms with E-state index in [9.17, 15) is 9.59 Å². The van der Waals surface area contributed by atoms with Crippen LogP contribution in [-0.2, 0) is 27.2 Å². The van der Waals surface area contributed by atoms with Gasteiger partial charge in [-0.3, -0.25) is 14.7 Å². The highest BCUT2D eigenvalue weighted by Gasteiger charge is 2.25. The van der Waals surface area contributed by atoms with Crippen molar-refractivity contribution in [1.82, 2.24) is 14.8 Å². The van der Waals surface area contributed by atoms with E-state index in [0.29, 0.717) is 31.5 Å². The highest BCUT2D eigenvalue weighted by molar-refractivity contribution is 5.91. The van der Waals surface area contributed by atoms with Crippen LogP contribution in [-0.4, -0.2) is 73.2 Å². The molecule has 1 saturated heterocycles. The van der Waals surface area contributed by atoms with Crippen molar-refractivity contribution in [2.24, 2.45) is 0 Å². The van der Waals surface area contributed by atoms with Gasteiger partial charge in [-0.2, -0.15) is 0 Å². The third-order valence-corrected chi connectivity index (χ3v) is 4.64. The van der Waals surface area contributed by atoms with Crippen molar-refractivity contribution in [2.75, 3.05) is 46.5 Å². The minimum absolute atomic E-state index is 0.149. The molecular weight excluding hydrogens is 310 g/mol. The Bertz CT molecular complexity index is 614. The summed E-state index contributed by atoms with van der Waals surface area (Å²) in [6.45, 7) is 5.18. The lowest BCUT2D eigenvalue weighted by Crippen LogP contribution is -2.41. The molecule has 1 aromatic heterocycles. The average Bonchev–Trinajstić information content (AvgIpc) is 2.65. The van der Waals surface area contributed by atoms with E-state index in [4.69, 9.17) is 9.47 Å². The number of carbonyl (C=O) groups is 2. The van der Waals surface area contributed by atoms with E-state index < -0.39 is 0 Å². The van der Waals surface area contributed by atoms with Gasteiger partial charge in [-0.25, -0.2) is 4.79 Å². The normalized spacial score (nSPS) is 18.1. The van der Waals surface area contributed by atoms with E-state index in [1.165, 1.54) is 7.11 Å². The molecule has 0 aliphatic carbocycles. The molecule has 0 N–H and O–H groups in total. The second-order valence-electron chi connectivity index (χ2n) is 6.09. The first-order valence-electron chi connectivity index (χ1n) is 8.31. The SMILES string of the molecule is COC(=O)c1cncc2c1CCN(C(=O)CCN1CCOCC1)C2. The number of rotatable bonds is 4. The number of hydrogen-bond acceptors (Lipinski definition) is 6. The third-order valence-electron chi connectivity index (χ3n) is 4.64. The number of methoxy groups -OCH3 is 1. The Balaban J connectivity index is 1.60. The predicted molar refractivity (Wildman–Crippen MR) is 86.6 cm³/mol. The molecule has 2 aliphatic rings. The smallest absolute Gasteiger partial charge is 0.339 e. The van der Waals surface area contributed by atoms with Gasteiger partial charge in [-0.05, 0) is 17.5 Å². The standard InChI is InChI=1S/C17H23N3O4/c1-23-17(22)15-11-18-10-13-12-20(5-2-14(13)15)16(21)3-4-19-6-8-24-9-7-19/h10-11H,2-9,12H2,1H3. The van der Waals surface area contributed by atoms with Gasteiger partial charge >= 0.3 is 5.97 Å². The van der Waals surface area contributed by atoms with Crippen LogP contribution in [0.25, 0.3) is 0 Å². The number of carbonyl (C=O) groups excluding carboxylic acids is 2. The lowest BCUT2D eigenvalue weighted by atomic mass is 9.97. The van der Waals surface area contributed by atoms with E-state index >= 15 is 0 Å². The average molecular weight is 333 g/mol. The van der Waals surface area contributed by atoms with E-state index in [1.807, 2.05) is 4.90 Å². The number of esters is 1. The lowest BCUT2D eigenvalue weighted by Gasteiger charge is -2.31. The number of nitrogens with zero attached hydrogens (tertiary/aromatic N) is 3. The summed E-state index contributed by atoms with van der Waals surface area (Å²) in [5.41, 5.74) is 2.40. The number of amides is 1. The third kappa shape index (κ3) is 3.73. The van der Waals surface area contributed by atoms with Gasteiger partial charge in [0, 0.05) is 51.5 Å². The summed E-state index contributed by atoms with van der Waals surface area (Å²) in [7, 11) is 1.37. The number of ether oxygens (including phenoxy) is 2. The minimum Gasteiger partial charge on any atom is -0.465 e. The molecule has 0 saturated carbocycles. The Morgan fingerprint density at radius 2 is 2.04 bits per heavy atom. The topological polar surface area (TPSA) is 72.0 Å². The number of hydrogen-bond donors (Lipinski definition) is 0. The number of fused-ring (bicyclic) bond motifs is 1. The first-order valence-corrected chi connectivity index (χ1v) is 8.31. The van der Waals surface area contributed by atoms with Crippen molar-refractivity contribution in [3.05, 3.63) is 29.1 Å². The lowest BCUT2D eigenvalue weighted by molar-refractivity contribution is -0.132. The van der Waals surface area contributed by atoms with Gasteiger partial charge in [0.15, 0.2) is 0 Å². The van der Waals surface area contributed by atoms with E-state index in [-0.39, 0.29) is 11.9 Å². The Hall–Kier alpha value is -1.99. The second kappa shape index (κ2) is 7.72. The summed E-state index contributed by atoms with van der Waals surface area (Å²) in [5, 5.41) is 0. The first-order chi connectivity index (χ1) is 11.7. The quantitative estimate of drug-likeness (QED) is 0.746. The van der Waals surface area contributed by atoms with Crippen LogP contribution in [0, 0.1) is 0 Å². The highest BCUT2D eigenvalue weighted by atomic mass is 16.5. The van der Waals surface area contributed by atoms with Crippen molar-refractivity contribution in [1.29, 1.82) is 0 Å². The van der Waals surface area contributed by atoms with Gasteiger partial charge in [-0.15, -0.1) is 0 Å². The highest BCUT2D eigenvalue weighted by Crippen LogP contribution is 2.22. The van der Waals surface area contributed by atoms with Crippen molar-refractivity contribution in [3.63, 3.8) is 0 Å². The Labute approximate surface area is 141 Å². The molecule has 0 atom stereocenters. The zero-order valence-electron chi connectivity index (χ0n) is 14.0. The summed E-state index contributed by atoms with van der Waals surface area (Å²) in [6, 6.07) is 0. The Kier molecular flexibility index (Phi) is 5.42. The molecule has 1 amide bonds. The second-order valence-corrected chi connectivity index (χ2v) is 6.09. The Morgan fingerprint density at radius 3 is 2.79 bits per heavy atom. The monoisotopic (exact) mass is 333 g/mol. The molecule has 1 fully saturated rings. The summed E-state index contributed by atoms with van der Waals surface area (Å²) >= 11 is 0. The molecule has 3 heterocycles. The number of morpholine rings is 1. The summed E-state index contributed by atoms with van der Waals surface area (Å²) < 4.78 is 10.1. The van der Waals surface area contributed by atoms with Gasteiger partial charge in [-0.1, -0.05) is 0 Å². The van der Waals surface area contributed by atoms with Crippen molar-refractivity contribution < 1.29 is 19.1 Å². The molecule has 3 rings (SSSR count). The molecule has 0 bridgehead atoms. The van der Waals surface area contributed by atoms with Gasteiger partial charge < -0.3 is 14.4 Å². The van der Waals surface area contributed by atoms with Gasteiger partial charge in [0.2, 0.25) is 5.91 Å². The summed E-state index contributed by atoms with van der Waals surface area (Å²) in [5.74, 6) is -0.220. The maximum absolute atomic E-state index is 12.5. The fraction of sp³-hybridized carbons (Fsp3) is 0.588. The molecule has 7 nitrogen and oxygen atoms in total. The fourth-order valence-corrected chi connectivity index (χ4v) is 3.23. The van der Waals surface area contributed by atoms with Crippen LogP contribution in [0.5, 0.6) is 0 Å². The van der Waals surface area contributed by atoms with Crippen LogP contribution in [0.1, 0.15) is 27.9 Å². The maximum atomic E-state index is 12.5. The maximum Gasteiger partial charge on any atom is 0.339 e. The molecule has 130 valence electrons. The zero-order valence-corrected chi connectivity index (χ0v) is 14.0. The molecule has 0 radical (unpaired) electrons. The predicted octanol–water partition coefficient (Wildman–Crippen LogP) is 0.475. The van der Waals surface area contributed by atoms with Crippen molar-refractivity contribution >= 4 is 11.9 Å². The van der Waals surface area contributed by atoms with Crippen LogP contribution >= 0.6 is 0 Å². The van der Waals surface area contributed by atoms with Crippen LogP contribution in [0.4, 0.5) is 0 Å².